The first kappa shape index (κ1) is 28.3. The third-order valence-corrected chi connectivity index (χ3v) is 8.16. The van der Waals surface area contributed by atoms with Gasteiger partial charge in [-0.25, -0.2) is 0 Å². The smallest absolute Gasteiger partial charge is 0.123 e. The van der Waals surface area contributed by atoms with Crippen molar-refractivity contribution in [2.45, 2.75) is 92.3 Å². The minimum Gasteiger partial charge on any atom is -0.489 e. The molecule has 1 aliphatic rings. The van der Waals surface area contributed by atoms with Gasteiger partial charge >= 0.3 is 0 Å². The Morgan fingerprint density at radius 1 is 1.00 bits per heavy atom. The molecular formula is C34H46N2O2. The maximum absolute atomic E-state index is 6.53. The van der Waals surface area contributed by atoms with Crippen LogP contribution in [0.4, 0.5) is 0 Å². The quantitative estimate of drug-likeness (QED) is 0.261. The number of likely N-dealkylation sites (tertiary alicyclic amines) is 1. The van der Waals surface area contributed by atoms with Gasteiger partial charge in [-0.2, -0.15) is 0 Å². The lowest BCUT2D eigenvalue weighted by molar-refractivity contribution is 0.111. The summed E-state index contributed by atoms with van der Waals surface area (Å²) < 4.78 is 12.1. The molecule has 4 heteroatoms. The van der Waals surface area contributed by atoms with Crippen LogP contribution in [0.15, 0.2) is 42.5 Å². The number of nitrogens with zero attached hydrogens (tertiary/aromatic N) is 2. The van der Waals surface area contributed by atoms with E-state index in [0.29, 0.717) is 18.6 Å². The van der Waals surface area contributed by atoms with Gasteiger partial charge < -0.3 is 9.47 Å². The largest absolute Gasteiger partial charge is 0.489 e. The van der Waals surface area contributed by atoms with Gasteiger partial charge in [0.15, 0.2) is 0 Å². The highest BCUT2D eigenvalue weighted by molar-refractivity contribution is 5.69. The van der Waals surface area contributed by atoms with Crippen molar-refractivity contribution in [3.05, 3.63) is 81.5 Å². The molecule has 1 aliphatic heterocycles. The van der Waals surface area contributed by atoms with Gasteiger partial charge in [-0.15, -0.1) is 0 Å². The summed E-state index contributed by atoms with van der Waals surface area (Å²) in [4.78, 5) is 7.79. The van der Waals surface area contributed by atoms with E-state index in [1.807, 2.05) is 7.11 Å². The van der Waals surface area contributed by atoms with Gasteiger partial charge in [0, 0.05) is 36.5 Å². The van der Waals surface area contributed by atoms with Gasteiger partial charge in [0.1, 0.15) is 12.4 Å². The molecule has 4 rings (SSSR count). The molecule has 2 heterocycles. The van der Waals surface area contributed by atoms with Crippen molar-refractivity contribution in [3.63, 3.8) is 0 Å². The summed E-state index contributed by atoms with van der Waals surface area (Å²) in [6, 6.07) is 16.1. The van der Waals surface area contributed by atoms with Crippen molar-refractivity contribution in [1.29, 1.82) is 0 Å². The summed E-state index contributed by atoms with van der Waals surface area (Å²) in [6.07, 6.45) is 4.41. The fourth-order valence-electron chi connectivity index (χ4n) is 5.79. The molecule has 1 saturated heterocycles. The van der Waals surface area contributed by atoms with E-state index in [1.54, 1.807) is 0 Å². The van der Waals surface area contributed by atoms with E-state index in [0.717, 1.165) is 49.7 Å². The van der Waals surface area contributed by atoms with E-state index in [1.165, 1.54) is 51.8 Å². The molecule has 0 N–H and O–H groups in total. The number of methoxy groups -OCH3 is 1. The molecule has 1 atom stereocenters. The highest BCUT2D eigenvalue weighted by atomic mass is 16.5. The van der Waals surface area contributed by atoms with Crippen LogP contribution in [0.5, 0.6) is 5.75 Å². The molecule has 0 bridgehead atoms. The van der Waals surface area contributed by atoms with Gasteiger partial charge in [0.2, 0.25) is 0 Å². The maximum atomic E-state index is 6.53. The molecule has 0 spiro atoms. The van der Waals surface area contributed by atoms with Gasteiger partial charge in [-0.3, -0.25) is 9.88 Å². The molecule has 1 aromatic heterocycles. The van der Waals surface area contributed by atoms with Crippen LogP contribution < -0.4 is 4.74 Å². The number of rotatable bonds is 11. The zero-order valence-corrected chi connectivity index (χ0v) is 24.6. The van der Waals surface area contributed by atoms with E-state index >= 15 is 0 Å². The third kappa shape index (κ3) is 6.30. The second-order valence-electron chi connectivity index (χ2n) is 11.1. The average molecular weight is 515 g/mol. The second-order valence-corrected chi connectivity index (χ2v) is 11.1. The Kier molecular flexibility index (Phi) is 9.62. The number of benzene rings is 2. The SMILES string of the molecule is CCc1cccc(CC)c1-c1cc(CN2CCC[C@@H]2COC)c(COc2cc(C(C)C)ccc2C)c(C)n1. The lowest BCUT2D eigenvalue weighted by Crippen LogP contribution is -2.33. The van der Waals surface area contributed by atoms with E-state index in [9.17, 15) is 0 Å². The number of ether oxygens (including phenoxy) is 2. The molecule has 0 unspecified atom stereocenters. The molecule has 2 aromatic carbocycles. The second kappa shape index (κ2) is 12.9. The number of hydrogen-bond acceptors (Lipinski definition) is 4. The summed E-state index contributed by atoms with van der Waals surface area (Å²) in [5.41, 5.74) is 11.2. The lowest BCUT2D eigenvalue weighted by Gasteiger charge is -2.26. The Morgan fingerprint density at radius 3 is 2.39 bits per heavy atom. The van der Waals surface area contributed by atoms with Crippen molar-refractivity contribution < 1.29 is 9.47 Å². The van der Waals surface area contributed by atoms with Crippen LogP contribution in [0.1, 0.15) is 85.5 Å². The van der Waals surface area contributed by atoms with E-state index in [4.69, 9.17) is 14.5 Å². The van der Waals surface area contributed by atoms with Crippen LogP contribution in [-0.4, -0.2) is 36.2 Å². The maximum Gasteiger partial charge on any atom is 0.123 e. The average Bonchev–Trinajstić information content (AvgIpc) is 3.34. The van der Waals surface area contributed by atoms with Crippen LogP contribution in [0.3, 0.4) is 0 Å². The summed E-state index contributed by atoms with van der Waals surface area (Å²) >= 11 is 0. The number of aromatic nitrogens is 1. The van der Waals surface area contributed by atoms with Crippen molar-refractivity contribution in [2.24, 2.45) is 0 Å². The van der Waals surface area contributed by atoms with E-state index in [-0.39, 0.29) is 0 Å². The first-order valence-electron chi connectivity index (χ1n) is 14.4. The van der Waals surface area contributed by atoms with E-state index < -0.39 is 0 Å². The standard InChI is InChI=1S/C34H46N2O2/c1-8-26-12-10-13-27(9-2)34(26)32-18-29(20-36-17-11-14-30(36)21-37-7)31(25(6)35-32)22-38-33-19-28(23(3)4)16-15-24(33)5/h10,12-13,15-16,18-19,23,30H,8-9,11,14,17,20-22H2,1-7H3/t30-/m1/s1. The summed E-state index contributed by atoms with van der Waals surface area (Å²) in [7, 11) is 1.81. The van der Waals surface area contributed by atoms with Crippen molar-refractivity contribution in [1.82, 2.24) is 9.88 Å². The normalized spacial score (nSPS) is 15.9. The molecule has 0 radical (unpaired) electrons. The van der Waals surface area contributed by atoms with Crippen LogP contribution in [0.25, 0.3) is 11.3 Å². The molecular weight excluding hydrogens is 468 g/mol. The summed E-state index contributed by atoms with van der Waals surface area (Å²) in [6.45, 7) is 16.5. The molecule has 1 fully saturated rings. The number of aryl methyl sites for hydroxylation is 4. The van der Waals surface area contributed by atoms with Gasteiger partial charge in [0.25, 0.3) is 0 Å². The molecule has 38 heavy (non-hydrogen) atoms. The summed E-state index contributed by atoms with van der Waals surface area (Å²) in [5.74, 6) is 1.43. The zero-order chi connectivity index (χ0) is 27.2. The molecule has 4 nitrogen and oxygen atoms in total. The van der Waals surface area contributed by atoms with Crippen molar-refractivity contribution in [2.75, 3.05) is 20.3 Å². The Labute approximate surface area is 230 Å². The van der Waals surface area contributed by atoms with Gasteiger partial charge in [0.05, 0.1) is 12.3 Å². The number of pyridine rings is 1. The molecule has 3 aromatic rings. The minimum absolute atomic E-state index is 0.463. The topological polar surface area (TPSA) is 34.6 Å². The highest BCUT2D eigenvalue weighted by Gasteiger charge is 2.26. The Hall–Kier alpha value is -2.69. The van der Waals surface area contributed by atoms with Crippen molar-refractivity contribution >= 4 is 0 Å². The monoisotopic (exact) mass is 514 g/mol. The van der Waals surface area contributed by atoms with Crippen molar-refractivity contribution in [3.8, 4) is 17.0 Å². The Morgan fingerprint density at radius 2 is 1.74 bits per heavy atom. The fraction of sp³-hybridized carbons (Fsp3) is 0.500. The molecule has 0 amide bonds. The third-order valence-electron chi connectivity index (χ3n) is 8.16. The fourth-order valence-corrected chi connectivity index (χ4v) is 5.79. The predicted octanol–water partition coefficient (Wildman–Crippen LogP) is 7.80. The molecule has 0 aliphatic carbocycles. The zero-order valence-electron chi connectivity index (χ0n) is 24.6. The minimum atomic E-state index is 0.463. The molecule has 0 saturated carbocycles. The Balaban J connectivity index is 1.75. The van der Waals surface area contributed by atoms with E-state index in [2.05, 4.69) is 88.9 Å². The lowest BCUT2D eigenvalue weighted by atomic mass is 9.93. The molecule has 204 valence electrons. The van der Waals surface area contributed by atoms with Crippen LogP contribution in [-0.2, 0) is 30.7 Å². The first-order valence-corrected chi connectivity index (χ1v) is 14.4. The van der Waals surface area contributed by atoms with Gasteiger partial charge in [-0.1, -0.05) is 58.0 Å². The first-order chi connectivity index (χ1) is 18.4. The van der Waals surface area contributed by atoms with Crippen LogP contribution >= 0.6 is 0 Å². The van der Waals surface area contributed by atoms with Gasteiger partial charge in [-0.05, 0) is 91.9 Å². The summed E-state index contributed by atoms with van der Waals surface area (Å²) in [5, 5.41) is 0. The van der Waals surface area contributed by atoms with Crippen LogP contribution in [0.2, 0.25) is 0 Å². The van der Waals surface area contributed by atoms with Crippen LogP contribution in [0, 0.1) is 13.8 Å². The predicted molar refractivity (Wildman–Crippen MR) is 158 cm³/mol. The Bertz CT molecular complexity index is 1210. The highest BCUT2D eigenvalue weighted by Crippen LogP contribution is 2.33. The number of hydrogen-bond donors (Lipinski definition) is 0.